The first kappa shape index (κ1) is 12.7. The van der Waals surface area contributed by atoms with Gasteiger partial charge in [0.1, 0.15) is 0 Å². The molecule has 12 heavy (non-hydrogen) atoms. The van der Waals surface area contributed by atoms with E-state index in [1.54, 1.807) is 0 Å². The Kier molecular flexibility index (Phi) is 5.75. The molecule has 74 valence electrons. The minimum Gasteiger partial charge on any atom is -0.0910 e. The summed E-state index contributed by atoms with van der Waals surface area (Å²) in [6, 6.07) is 0. The molecule has 0 spiro atoms. The van der Waals surface area contributed by atoms with E-state index in [4.69, 9.17) is 0 Å². The van der Waals surface area contributed by atoms with Crippen molar-refractivity contribution in [2.75, 3.05) is 0 Å². The van der Waals surface area contributed by atoms with Crippen molar-refractivity contribution in [1.82, 2.24) is 0 Å². The van der Waals surface area contributed by atoms with Crippen LogP contribution in [0.15, 0.2) is 0 Å². The van der Waals surface area contributed by atoms with Crippen molar-refractivity contribution in [3.8, 4) is 0 Å². The minimum atomic E-state index is 0.476. The molecule has 0 bridgehead atoms. The molecule has 0 fully saturated rings. The van der Waals surface area contributed by atoms with Crippen molar-refractivity contribution in [2.45, 2.75) is 58.5 Å². The van der Waals surface area contributed by atoms with Crippen molar-refractivity contribution in [3.05, 3.63) is 0 Å². The summed E-state index contributed by atoms with van der Waals surface area (Å²) < 4.78 is 0. The van der Waals surface area contributed by atoms with Gasteiger partial charge in [0.2, 0.25) is 0 Å². The summed E-state index contributed by atoms with van der Waals surface area (Å²) >= 11 is 0. The van der Waals surface area contributed by atoms with E-state index in [-0.39, 0.29) is 0 Å². The Bertz CT molecular complexity index is 113. The Morgan fingerprint density at radius 2 is 1.50 bits per heavy atom. The highest BCUT2D eigenvalue weighted by atomic mass is 33.1. The van der Waals surface area contributed by atoms with E-state index in [0.717, 1.165) is 10.5 Å². The summed E-state index contributed by atoms with van der Waals surface area (Å²) in [5.74, 6) is 0. The molecule has 1 unspecified atom stereocenters. The first-order chi connectivity index (χ1) is 5.31. The highest BCUT2D eigenvalue weighted by molar-refractivity contribution is 8.77. The zero-order valence-corrected chi connectivity index (χ0v) is 10.8. The van der Waals surface area contributed by atoms with Gasteiger partial charge in [0.05, 0.1) is 0 Å². The third-order valence-corrected chi connectivity index (χ3v) is 4.78. The van der Waals surface area contributed by atoms with Gasteiger partial charge < -0.3 is 0 Å². The lowest BCUT2D eigenvalue weighted by molar-refractivity contribution is 0.379. The van der Waals surface area contributed by atoms with Gasteiger partial charge in [0.15, 0.2) is 0 Å². The van der Waals surface area contributed by atoms with Gasteiger partial charge in [-0.3, -0.25) is 0 Å². The number of hydrogen-bond donors (Lipinski definition) is 0. The molecule has 0 aromatic rings. The van der Waals surface area contributed by atoms with Crippen LogP contribution in [-0.2, 0) is 0 Å². The Morgan fingerprint density at radius 3 is 1.83 bits per heavy atom. The Balaban J connectivity index is 3.53. The van der Waals surface area contributed by atoms with Gasteiger partial charge in [-0.15, -0.1) is 0 Å². The topological polar surface area (TPSA) is 0 Å². The van der Waals surface area contributed by atoms with Crippen molar-refractivity contribution in [2.24, 2.45) is 5.41 Å². The number of hydrogen-bond acceptors (Lipinski definition) is 2. The highest BCUT2D eigenvalue weighted by Gasteiger charge is 2.15. The molecule has 0 aromatic heterocycles. The molecule has 0 aliphatic rings. The second-order valence-electron chi connectivity index (χ2n) is 4.82. The molecule has 0 heterocycles. The van der Waals surface area contributed by atoms with Gasteiger partial charge in [0, 0.05) is 10.5 Å². The van der Waals surface area contributed by atoms with Crippen LogP contribution < -0.4 is 0 Å². The predicted molar refractivity (Wildman–Crippen MR) is 63.9 cm³/mol. The smallest absolute Gasteiger partial charge is 0.0128 e. The molecule has 0 aliphatic carbocycles. The van der Waals surface area contributed by atoms with Crippen LogP contribution in [0.4, 0.5) is 0 Å². The lowest BCUT2D eigenvalue weighted by Crippen LogP contribution is -2.11. The lowest BCUT2D eigenvalue weighted by Gasteiger charge is -2.22. The third-order valence-electron chi connectivity index (χ3n) is 1.31. The largest absolute Gasteiger partial charge is 0.0910 e. The molecule has 0 amide bonds. The Labute approximate surface area is 85.7 Å². The zero-order valence-electron chi connectivity index (χ0n) is 9.18. The second-order valence-corrected chi connectivity index (χ2v) is 8.10. The Morgan fingerprint density at radius 1 is 1.00 bits per heavy atom. The van der Waals surface area contributed by atoms with Gasteiger partial charge in [-0.05, 0) is 11.8 Å². The Hall–Kier alpha value is 0.700. The van der Waals surface area contributed by atoms with E-state index in [1.807, 2.05) is 21.6 Å². The SMILES string of the molecule is CC(C)SSC(C)CC(C)(C)C. The van der Waals surface area contributed by atoms with Crippen molar-refractivity contribution in [3.63, 3.8) is 0 Å². The van der Waals surface area contributed by atoms with Crippen LogP contribution in [0, 0.1) is 5.41 Å². The van der Waals surface area contributed by atoms with Crippen LogP contribution in [0.1, 0.15) is 48.0 Å². The molecule has 0 aromatic carbocycles. The fourth-order valence-corrected chi connectivity index (χ4v) is 3.52. The molecule has 0 rings (SSSR count). The fourth-order valence-electron chi connectivity index (χ4n) is 1.10. The van der Waals surface area contributed by atoms with Gasteiger partial charge >= 0.3 is 0 Å². The van der Waals surface area contributed by atoms with Crippen molar-refractivity contribution >= 4 is 21.6 Å². The van der Waals surface area contributed by atoms with Crippen LogP contribution >= 0.6 is 21.6 Å². The number of rotatable bonds is 4. The van der Waals surface area contributed by atoms with Crippen LogP contribution in [0.2, 0.25) is 0 Å². The van der Waals surface area contributed by atoms with Crippen LogP contribution in [0.3, 0.4) is 0 Å². The van der Waals surface area contributed by atoms with Crippen molar-refractivity contribution in [1.29, 1.82) is 0 Å². The maximum atomic E-state index is 2.32. The molecular formula is C10H22S2. The fraction of sp³-hybridized carbons (Fsp3) is 1.00. The average molecular weight is 206 g/mol. The lowest BCUT2D eigenvalue weighted by atomic mass is 9.91. The van der Waals surface area contributed by atoms with Crippen LogP contribution in [-0.4, -0.2) is 10.5 Å². The van der Waals surface area contributed by atoms with Crippen molar-refractivity contribution < 1.29 is 0 Å². The summed E-state index contributed by atoms with van der Waals surface area (Å²) in [6.07, 6.45) is 1.30. The van der Waals surface area contributed by atoms with E-state index < -0.39 is 0 Å². The van der Waals surface area contributed by atoms with Crippen LogP contribution in [0.25, 0.3) is 0 Å². The molecular weight excluding hydrogens is 184 g/mol. The average Bonchev–Trinajstić information content (AvgIpc) is 1.79. The maximum Gasteiger partial charge on any atom is 0.0128 e. The van der Waals surface area contributed by atoms with Crippen LogP contribution in [0.5, 0.6) is 0 Å². The molecule has 0 nitrogen and oxygen atoms in total. The highest BCUT2D eigenvalue weighted by Crippen LogP contribution is 2.36. The summed E-state index contributed by atoms with van der Waals surface area (Å²) in [6.45, 7) is 13.8. The molecule has 2 heteroatoms. The molecule has 0 aliphatic heterocycles. The quantitative estimate of drug-likeness (QED) is 0.617. The van der Waals surface area contributed by atoms with E-state index in [9.17, 15) is 0 Å². The normalized spacial score (nSPS) is 15.2. The van der Waals surface area contributed by atoms with Gasteiger partial charge in [-0.1, -0.05) is 63.1 Å². The first-order valence-corrected chi connectivity index (χ1v) is 6.91. The standard InChI is InChI=1S/C10H22S2/c1-8(2)11-12-9(3)7-10(4,5)6/h8-9H,7H2,1-6H3. The summed E-state index contributed by atoms with van der Waals surface area (Å²) in [5, 5.41) is 1.52. The molecule has 0 N–H and O–H groups in total. The minimum absolute atomic E-state index is 0.476. The first-order valence-electron chi connectivity index (χ1n) is 4.63. The van der Waals surface area contributed by atoms with E-state index >= 15 is 0 Å². The van der Waals surface area contributed by atoms with Gasteiger partial charge in [-0.2, -0.15) is 0 Å². The predicted octanol–water partition coefficient (Wildman–Crippen LogP) is 4.60. The molecule has 0 saturated heterocycles. The third kappa shape index (κ3) is 8.79. The summed E-state index contributed by atoms with van der Waals surface area (Å²) in [7, 11) is 4.02. The van der Waals surface area contributed by atoms with E-state index in [2.05, 4.69) is 41.5 Å². The monoisotopic (exact) mass is 206 g/mol. The summed E-state index contributed by atoms with van der Waals surface area (Å²) in [5.41, 5.74) is 0.476. The van der Waals surface area contributed by atoms with Gasteiger partial charge in [0.25, 0.3) is 0 Å². The molecule has 0 radical (unpaired) electrons. The molecule has 1 atom stereocenters. The molecule has 0 saturated carbocycles. The van der Waals surface area contributed by atoms with E-state index in [0.29, 0.717) is 5.41 Å². The summed E-state index contributed by atoms with van der Waals surface area (Å²) in [4.78, 5) is 0. The van der Waals surface area contributed by atoms with E-state index in [1.165, 1.54) is 6.42 Å². The maximum absolute atomic E-state index is 2.32. The van der Waals surface area contributed by atoms with Gasteiger partial charge in [-0.25, -0.2) is 0 Å². The zero-order chi connectivity index (χ0) is 9.78. The second kappa shape index (κ2) is 5.43.